The van der Waals surface area contributed by atoms with Gasteiger partial charge in [-0.1, -0.05) is 60.7 Å². The predicted molar refractivity (Wildman–Crippen MR) is 110 cm³/mol. The Kier molecular flexibility index (Phi) is 5.28. The Morgan fingerprint density at radius 2 is 1.54 bits per heavy atom. The fourth-order valence-corrected chi connectivity index (χ4v) is 4.68. The second-order valence-electron chi connectivity index (χ2n) is 6.66. The lowest BCUT2D eigenvalue weighted by Gasteiger charge is -2.21. The topological polar surface area (TPSA) is 50.5 Å². The van der Waals surface area contributed by atoms with Crippen molar-refractivity contribution in [3.8, 4) is 0 Å². The van der Waals surface area contributed by atoms with Gasteiger partial charge < -0.3 is 4.42 Å². The van der Waals surface area contributed by atoms with Crippen LogP contribution in [0.5, 0.6) is 0 Å². The molecule has 0 saturated carbocycles. The highest BCUT2D eigenvalue weighted by Crippen LogP contribution is 2.23. The highest BCUT2D eigenvalue weighted by atomic mass is 32.2. The molecule has 0 radical (unpaired) electrons. The van der Waals surface area contributed by atoms with Crippen molar-refractivity contribution in [1.29, 1.82) is 0 Å². The Bertz CT molecular complexity index is 1150. The minimum atomic E-state index is -3.67. The van der Waals surface area contributed by atoms with Crippen molar-refractivity contribution in [3.05, 3.63) is 103 Å². The highest BCUT2D eigenvalue weighted by molar-refractivity contribution is 7.89. The standard InChI is InChI=1S/C23H21NO3S/c25-28(26,23-13-12-20-9-4-5-10-21(20)17-23)24(18-22-11-6-16-27-22)15-14-19-7-2-1-3-8-19/h1-13,16-17H,14-15,18H2. The number of hydrogen-bond acceptors (Lipinski definition) is 3. The van der Waals surface area contributed by atoms with E-state index in [4.69, 9.17) is 4.42 Å². The zero-order valence-electron chi connectivity index (χ0n) is 15.4. The molecule has 4 nitrogen and oxygen atoms in total. The van der Waals surface area contributed by atoms with Gasteiger partial charge in [0.15, 0.2) is 0 Å². The maximum Gasteiger partial charge on any atom is 0.243 e. The minimum Gasteiger partial charge on any atom is -0.468 e. The van der Waals surface area contributed by atoms with Gasteiger partial charge in [-0.25, -0.2) is 8.42 Å². The van der Waals surface area contributed by atoms with Crippen LogP contribution in [0.15, 0.2) is 101 Å². The maximum atomic E-state index is 13.4. The number of nitrogens with zero attached hydrogens (tertiary/aromatic N) is 1. The van der Waals surface area contributed by atoms with Crippen LogP contribution in [0.1, 0.15) is 11.3 Å². The van der Waals surface area contributed by atoms with Crippen LogP contribution < -0.4 is 0 Å². The molecule has 0 fully saturated rings. The second kappa shape index (κ2) is 8.00. The van der Waals surface area contributed by atoms with Crippen LogP contribution in [0.3, 0.4) is 0 Å². The first-order valence-electron chi connectivity index (χ1n) is 9.18. The summed E-state index contributed by atoms with van der Waals surface area (Å²) >= 11 is 0. The highest BCUT2D eigenvalue weighted by Gasteiger charge is 2.25. The Morgan fingerprint density at radius 1 is 0.786 bits per heavy atom. The van der Waals surface area contributed by atoms with Gasteiger partial charge in [0.1, 0.15) is 5.76 Å². The molecule has 0 spiro atoms. The van der Waals surface area contributed by atoms with Crippen LogP contribution in [0, 0.1) is 0 Å². The summed E-state index contributed by atoms with van der Waals surface area (Å²) in [6.07, 6.45) is 2.20. The largest absolute Gasteiger partial charge is 0.468 e. The molecule has 3 aromatic carbocycles. The third kappa shape index (κ3) is 4.01. The monoisotopic (exact) mass is 391 g/mol. The number of benzene rings is 3. The van der Waals surface area contributed by atoms with Gasteiger partial charge in [0, 0.05) is 6.54 Å². The average molecular weight is 391 g/mol. The van der Waals surface area contributed by atoms with E-state index in [2.05, 4.69) is 0 Å². The number of rotatable bonds is 7. The van der Waals surface area contributed by atoms with Crippen molar-refractivity contribution in [2.24, 2.45) is 0 Å². The first-order chi connectivity index (χ1) is 13.6. The molecule has 0 unspecified atom stereocenters. The van der Waals surface area contributed by atoms with E-state index in [-0.39, 0.29) is 6.54 Å². The summed E-state index contributed by atoms with van der Waals surface area (Å²) in [6.45, 7) is 0.578. The molecule has 0 saturated heterocycles. The molecule has 0 bridgehead atoms. The van der Waals surface area contributed by atoms with Gasteiger partial charge in [-0.2, -0.15) is 4.31 Å². The number of furan rings is 1. The molecule has 142 valence electrons. The van der Waals surface area contributed by atoms with Crippen LogP contribution in [0.25, 0.3) is 10.8 Å². The Hall–Kier alpha value is -2.89. The van der Waals surface area contributed by atoms with E-state index < -0.39 is 10.0 Å². The summed E-state index contributed by atoms with van der Waals surface area (Å²) < 4.78 is 33.7. The van der Waals surface area contributed by atoms with Crippen molar-refractivity contribution >= 4 is 20.8 Å². The first-order valence-corrected chi connectivity index (χ1v) is 10.6. The summed E-state index contributed by atoms with van der Waals surface area (Å²) in [5.41, 5.74) is 1.10. The van der Waals surface area contributed by atoms with E-state index in [1.165, 1.54) is 4.31 Å². The zero-order chi connectivity index (χ0) is 19.4. The van der Waals surface area contributed by atoms with Gasteiger partial charge in [-0.3, -0.25) is 0 Å². The minimum absolute atomic E-state index is 0.203. The van der Waals surface area contributed by atoms with Gasteiger partial charge in [0.05, 0.1) is 17.7 Å². The molecule has 28 heavy (non-hydrogen) atoms. The number of hydrogen-bond donors (Lipinski definition) is 0. The van der Waals surface area contributed by atoms with Crippen molar-refractivity contribution in [2.45, 2.75) is 17.9 Å². The summed E-state index contributed by atoms with van der Waals surface area (Å²) in [5, 5.41) is 1.92. The van der Waals surface area contributed by atoms with Gasteiger partial charge in [0.2, 0.25) is 10.0 Å². The molecule has 4 aromatic rings. The maximum absolute atomic E-state index is 13.4. The predicted octanol–water partition coefficient (Wildman–Crippen LogP) is 4.87. The van der Waals surface area contributed by atoms with Crippen molar-refractivity contribution in [1.82, 2.24) is 4.31 Å². The summed E-state index contributed by atoms with van der Waals surface area (Å²) in [5.74, 6) is 0.623. The first kappa shape index (κ1) is 18.5. The van der Waals surface area contributed by atoms with E-state index in [0.717, 1.165) is 16.3 Å². The van der Waals surface area contributed by atoms with E-state index in [1.54, 1.807) is 30.5 Å². The zero-order valence-corrected chi connectivity index (χ0v) is 16.2. The number of fused-ring (bicyclic) bond motifs is 1. The SMILES string of the molecule is O=S(=O)(c1ccc2ccccc2c1)N(CCc1ccccc1)Cc1ccco1. The molecule has 4 rings (SSSR count). The molecule has 1 heterocycles. The summed E-state index contributed by atoms with van der Waals surface area (Å²) in [7, 11) is -3.67. The van der Waals surface area contributed by atoms with Crippen LogP contribution in [0.4, 0.5) is 0 Å². The van der Waals surface area contributed by atoms with Gasteiger partial charge in [0.25, 0.3) is 0 Å². The molecule has 0 aliphatic rings. The molecular formula is C23H21NO3S. The Labute approximate surface area is 165 Å². The van der Waals surface area contributed by atoms with Crippen molar-refractivity contribution < 1.29 is 12.8 Å². The lowest BCUT2D eigenvalue weighted by Crippen LogP contribution is -2.32. The number of sulfonamides is 1. The molecule has 0 atom stereocenters. The third-order valence-electron chi connectivity index (χ3n) is 4.76. The van der Waals surface area contributed by atoms with Gasteiger partial charge >= 0.3 is 0 Å². The summed E-state index contributed by atoms with van der Waals surface area (Å²) in [4.78, 5) is 0.297. The smallest absolute Gasteiger partial charge is 0.243 e. The molecule has 0 aliphatic carbocycles. The lowest BCUT2D eigenvalue weighted by atomic mass is 10.1. The second-order valence-corrected chi connectivity index (χ2v) is 8.60. The molecule has 5 heteroatoms. The van der Waals surface area contributed by atoms with Gasteiger partial charge in [-0.05, 0) is 47.0 Å². The quantitative estimate of drug-likeness (QED) is 0.452. The molecule has 0 N–H and O–H groups in total. The van der Waals surface area contributed by atoms with E-state index >= 15 is 0 Å². The lowest BCUT2D eigenvalue weighted by molar-refractivity contribution is 0.366. The van der Waals surface area contributed by atoms with Crippen LogP contribution in [0.2, 0.25) is 0 Å². The van der Waals surface area contributed by atoms with Crippen LogP contribution >= 0.6 is 0 Å². The molecular weight excluding hydrogens is 370 g/mol. The third-order valence-corrected chi connectivity index (χ3v) is 6.60. The van der Waals surface area contributed by atoms with E-state index in [0.29, 0.717) is 23.6 Å². The molecule has 1 aromatic heterocycles. The Morgan fingerprint density at radius 3 is 2.29 bits per heavy atom. The van der Waals surface area contributed by atoms with E-state index in [1.807, 2.05) is 60.7 Å². The van der Waals surface area contributed by atoms with Crippen LogP contribution in [-0.4, -0.2) is 19.3 Å². The normalized spacial score (nSPS) is 11.9. The van der Waals surface area contributed by atoms with Crippen molar-refractivity contribution in [3.63, 3.8) is 0 Å². The Balaban J connectivity index is 1.66. The van der Waals surface area contributed by atoms with E-state index in [9.17, 15) is 8.42 Å². The average Bonchev–Trinajstić information content (AvgIpc) is 3.24. The van der Waals surface area contributed by atoms with Gasteiger partial charge in [-0.15, -0.1) is 0 Å². The van der Waals surface area contributed by atoms with Crippen LogP contribution in [-0.2, 0) is 23.0 Å². The van der Waals surface area contributed by atoms with Crippen molar-refractivity contribution in [2.75, 3.05) is 6.54 Å². The fraction of sp³-hybridized carbons (Fsp3) is 0.130. The fourth-order valence-electron chi connectivity index (χ4n) is 3.24. The molecule has 0 amide bonds. The molecule has 0 aliphatic heterocycles. The summed E-state index contributed by atoms with van der Waals surface area (Å²) in [6, 6.07) is 26.5.